The molecule has 1 N–H and O–H groups in total. The van der Waals surface area contributed by atoms with Crippen LogP contribution in [0.1, 0.15) is 86.0 Å². The van der Waals surface area contributed by atoms with E-state index in [4.69, 9.17) is 9.78 Å². The minimum absolute atomic E-state index is 0.0969. The Morgan fingerprint density at radius 1 is 1.03 bits per heavy atom. The van der Waals surface area contributed by atoms with Gasteiger partial charge < -0.3 is 5.11 Å². The molecular formula is C28H44O3. The quantitative estimate of drug-likeness (QED) is 0.413. The van der Waals surface area contributed by atoms with Crippen LogP contribution in [0.25, 0.3) is 0 Å². The van der Waals surface area contributed by atoms with E-state index in [1.807, 2.05) is 0 Å². The zero-order valence-electron chi connectivity index (χ0n) is 20.4. The third-order valence-electron chi connectivity index (χ3n) is 10.8. The second kappa shape index (κ2) is 7.99. The van der Waals surface area contributed by atoms with Crippen LogP contribution in [0.5, 0.6) is 0 Å². The van der Waals surface area contributed by atoms with Gasteiger partial charge >= 0.3 is 0 Å². The summed E-state index contributed by atoms with van der Waals surface area (Å²) in [5.74, 6) is 4.20. The summed E-state index contributed by atoms with van der Waals surface area (Å²) in [6.45, 7) is 12.7. The van der Waals surface area contributed by atoms with E-state index in [9.17, 15) is 5.11 Å². The van der Waals surface area contributed by atoms with E-state index in [0.717, 1.165) is 30.6 Å². The Kier molecular flexibility index (Phi) is 5.71. The van der Waals surface area contributed by atoms with E-state index >= 15 is 0 Å². The Labute approximate surface area is 189 Å². The molecule has 3 fully saturated rings. The number of hydrogen-bond donors (Lipinski definition) is 1. The molecule has 5 aliphatic rings. The van der Waals surface area contributed by atoms with Gasteiger partial charge in [-0.2, -0.15) is 0 Å². The number of rotatable bonds is 3. The summed E-state index contributed by atoms with van der Waals surface area (Å²) in [5, 5.41) is 10.3. The molecule has 3 nitrogen and oxygen atoms in total. The first kappa shape index (κ1) is 22.2. The van der Waals surface area contributed by atoms with Gasteiger partial charge in [-0.15, -0.1) is 0 Å². The summed E-state index contributed by atoms with van der Waals surface area (Å²) in [6.07, 6.45) is 14.7. The largest absolute Gasteiger partial charge is 0.393 e. The Morgan fingerprint density at radius 3 is 2.61 bits per heavy atom. The van der Waals surface area contributed by atoms with Crippen LogP contribution in [0.3, 0.4) is 0 Å². The molecule has 0 radical (unpaired) electrons. The predicted octanol–water partition coefficient (Wildman–Crippen LogP) is 6.48. The van der Waals surface area contributed by atoms with Crippen LogP contribution in [0.4, 0.5) is 0 Å². The van der Waals surface area contributed by atoms with Gasteiger partial charge in [-0.3, -0.25) is 0 Å². The van der Waals surface area contributed by atoms with Crippen molar-refractivity contribution in [2.24, 2.45) is 46.3 Å². The van der Waals surface area contributed by atoms with Crippen LogP contribution in [-0.2, 0) is 9.78 Å². The highest BCUT2D eigenvalue weighted by atomic mass is 17.2. The van der Waals surface area contributed by atoms with Gasteiger partial charge in [-0.05, 0) is 103 Å². The second-order valence-electron chi connectivity index (χ2n) is 12.5. The molecule has 1 heterocycles. The standard InChI is InChI=1S/C28H44O3/c1-17(2)19-14-26(31-30-16-19)18(3)23-8-9-24-22-7-6-20-15-21(29)10-12-27(20,4)25(22)11-13-28(23,24)5/h6,14,17-18,21-26,29H,7-13,15-16H2,1-5H3/t18-,21-,22?,23+,24?,25?,26-,27-,28+/m0/s1. The summed E-state index contributed by atoms with van der Waals surface area (Å²) in [5.41, 5.74) is 3.73. The third kappa shape index (κ3) is 3.49. The fraction of sp³-hybridized carbons (Fsp3) is 0.857. The van der Waals surface area contributed by atoms with E-state index in [0.29, 0.717) is 35.2 Å². The summed E-state index contributed by atoms with van der Waals surface area (Å²) >= 11 is 0. The number of aliphatic hydroxyl groups is 1. The third-order valence-corrected chi connectivity index (χ3v) is 10.8. The normalized spacial score (nSPS) is 48.4. The Bertz CT molecular complexity index is 753. The molecule has 9 atom stereocenters. The topological polar surface area (TPSA) is 38.7 Å². The van der Waals surface area contributed by atoms with E-state index in [2.05, 4.69) is 46.8 Å². The van der Waals surface area contributed by atoms with Crippen molar-refractivity contribution in [3.05, 3.63) is 23.3 Å². The zero-order valence-corrected chi connectivity index (χ0v) is 20.4. The van der Waals surface area contributed by atoms with Crippen LogP contribution >= 0.6 is 0 Å². The molecule has 0 aromatic carbocycles. The molecule has 1 aliphatic heterocycles. The molecule has 3 unspecified atom stereocenters. The number of allylic oxidation sites excluding steroid dienone is 1. The molecule has 0 amide bonds. The molecule has 0 bridgehead atoms. The SMILES string of the molecule is CC(C)C1=C[C@@H]([C@@H](C)[C@H]2CCC3C4CC=C5C[C@@H](O)CC[C@]5(C)C4CC[C@@]32C)OOC1. The van der Waals surface area contributed by atoms with Crippen LogP contribution in [-0.4, -0.2) is 23.9 Å². The lowest BCUT2D eigenvalue weighted by Crippen LogP contribution is -2.51. The molecule has 0 spiro atoms. The number of fused-ring (bicyclic) bond motifs is 5. The Morgan fingerprint density at radius 2 is 1.84 bits per heavy atom. The van der Waals surface area contributed by atoms with Crippen LogP contribution < -0.4 is 0 Å². The van der Waals surface area contributed by atoms with E-state index in [-0.39, 0.29) is 12.2 Å². The van der Waals surface area contributed by atoms with Gasteiger partial charge in [0.05, 0.1) is 6.10 Å². The molecule has 31 heavy (non-hydrogen) atoms. The van der Waals surface area contributed by atoms with E-state index in [1.165, 1.54) is 44.1 Å². The van der Waals surface area contributed by atoms with Crippen molar-refractivity contribution in [3.63, 3.8) is 0 Å². The van der Waals surface area contributed by atoms with Crippen molar-refractivity contribution in [1.82, 2.24) is 0 Å². The van der Waals surface area contributed by atoms with Gasteiger partial charge in [0.25, 0.3) is 0 Å². The van der Waals surface area contributed by atoms with E-state index < -0.39 is 0 Å². The van der Waals surface area contributed by atoms with E-state index in [1.54, 1.807) is 5.57 Å². The van der Waals surface area contributed by atoms with Crippen molar-refractivity contribution in [2.45, 2.75) is 98.2 Å². The van der Waals surface area contributed by atoms with Crippen molar-refractivity contribution in [1.29, 1.82) is 0 Å². The van der Waals surface area contributed by atoms with Gasteiger partial charge in [0.1, 0.15) is 12.7 Å². The average molecular weight is 429 g/mol. The summed E-state index contributed by atoms with van der Waals surface area (Å²) in [6, 6.07) is 0. The summed E-state index contributed by atoms with van der Waals surface area (Å²) < 4.78 is 0. The van der Waals surface area contributed by atoms with Crippen molar-refractivity contribution in [2.75, 3.05) is 6.61 Å². The van der Waals surface area contributed by atoms with Crippen LogP contribution in [0, 0.1) is 46.3 Å². The van der Waals surface area contributed by atoms with Crippen molar-refractivity contribution >= 4 is 0 Å². The van der Waals surface area contributed by atoms with Gasteiger partial charge in [0.2, 0.25) is 0 Å². The monoisotopic (exact) mass is 428 g/mol. The molecule has 3 saturated carbocycles. The molecule has 3 heteroatoms. The van der Waals surface area contributed by atoms with Crippen molar-refractivity contribution in [3.8, 4) is 0 Å². The first-order valence-electron chi connectivity index (χ1n) is 13.1. The highest BCUT2D eigenvalue weighted by Gasteiger charge is 2.59. The fourth-order valence-electron chi connectivity index (χ4n) is 8.84. The predicted molar refractivity (Wildman–Crippen MR) is 124 cm³/mol. The summed E-state index contributed by atoms with van der Waals surface area (Å²) in [7, 11) is 0. The molecular weight excluding hydrogens is 384 g/mol. The van der Waals surface area contributed by atoms with Crippen molar-refractivity contribution < 1.29 is 14.9 Å². The summed E-state index contributed by atoms with van der Waals surface area (Å²) in [4.78, 5) is 11.4. The molecule has 0 saturated heterocycles. The van der Waals surface area contributed by atoms with Crippen LogP contribution in [0.15, 0.2) is 23.3 Å². The highest BCUT2D eigenvalue weighted by molar-refractivity contribution is 5.25. The zero-order chi connectivity index (χ0) is 22.0. The minimum atomic E-state index is -0.108. The smallest absolute Gasteiger partial charge is 0.114 e. The fourth-order valence-corrected chi connectivity index (χ4v) is 8.84. The lowest BCUT2D eigenvalue weighted by molar-refractivity contribution is -0.328. The first-order chi connectivity index (χ1) is 14.7. The molecule has 0 aromatic rings. The maximum atomic E-state index is 10.3. The lowest BCUT2D eigenvalue weighted by atomic mass is 9.47. The minimum Gasteiger partial charge on any atom is -0.393 e. The first-order valence-corrected chi connectivity index (χ1v) is 13.1. The second-order valence-corrected chi connectivity index (χ2v) is 12.5. The molecule has 174 valence electrons. The number of hydrogen-bond acceptors (Lipinski definition) is 3. The molecule has 5 rings (SSSR count). The lowest BCUT2D eigenvalue weighted by Gasteiger charge is -2.58. The maximum absolute atomic E-state index is 10.3. The van der Waals surface area contributed by atoms with Gasteiger partial charge in [-0.1, -0.05) is 52.3 Å². The van der Waals surface area contributed by atoms with Gasteiger partial charge in [0, 0.05) is 0 Å². The maximum Gasteiger partial charge on any atom is 0.114 e. The Balaban J connectivity index is 1.37. The van der Waals surface area contributed by atoms with Crippen LogP contribution in [0.2, 0.25) is 0 Å². The molecule has 4 aliphatic carbocycles. The highest BCUT2D eigenvalue weighted by Crippen LogP contribution is 2.67. The molecule has 0 aromatic heterocycles. The van der Waals surface area contributed by atoms with Gasteiger partial charge in [0.15, 0.2) is 0 Å². The Hall–Kier alpha value is -0.640. The van der Waals surface area contributed by atoms with Gasteiger partial charge in [-0.25, -0.2) is 9.78 Å². The number of aliphatic hydroxyl groups excluding tert-OH is 1. The average Bonchev–Trinajstić information content (AvgIpc) is 3.11.